The molecular weight excluding hydrogens is 436 g/mol. The number of carbonyl (C=O) groups excluding carboxylic acids is 1. The smallest absolute Gasteiger partial charge is 0.260 e. The molecule has 0 aliphatic carbocycles. The quantitative estimate of drug-likeness (QED) is 0.264. The van der Waals surface area contributed by atoms with Gasteiger partial charge in [0.25, 0.3) is 5.91 Å². The number of nitrogens with zero attached hydrogens (tertiary/aromatic N) is 2. The fourth-order valence-electron chi connectivity index (χ4n) is 4.03. The summed E-state index contributed by atoms with van der Waals surface area (Å²) in [6.45, 7) is 4.68. The van der Waals surface area contributed by atoms with Gasteiger partial charge < -0.3 is 0 Å². The van der Waals surface area contributed by atoms with Crippen LogP contribution in [0.25, 0.3) is 10.2 Å². The summed E-state index contributed by atoms with van der Waals surface area (Å²) in [5.74, 6) is -0.0392. The van der Waals surface area contributed by atoms with Crippen LogP contribution in [0.5, 0.6) is 0 Å². The van der Waals surface area contributed by atoms with Gasteiger partial charge in [0.1, 0.15) is 0 Å². The summed E-state index contributed by atoms with van der Waals surface area (Å²) in [6, 6.07) is 32.7. The van der Waals surface area contributed by atoms with Crippen molar-refractivity contribution in [2.45, 2.75) is 26.8 Å². The van der Waals surface area contributed by atoms with Gasteiger partial charge in [0.2, 0.25) is 0 Å². The van der Waals surface area contributed by atoms with Gasteiger partial charge >= 0.3 is 0 Å². The average molecular weight is 463 g/mol. The Morgan fingerprint density at radius 3 is 2.03 bits per heavy atom. The molecule has 0 aliphatic rings. The molecule has 1 heterocycles. The SMILES string of the molecule is Cc1cc2nc(N(Cc3ccccc3)C(=O)c3ccc(Cc4ccccc4)cc3)sc2cc1C. The molecular formula is C30H26N2OS. The van der Waals surface area contributed by atoms with Crippen LogP contribution in [0.2, 0.25) is 0 Å². The van der Waals surface area contributed by atoms with Crippen LogP contribution in [0.15, 0.2) is 97.1 Å². The lowest BCUT2D eigenvalue weighted by Crippen LogP contribution is -2.30. The van der Waals surface area contributed by atoms with E-state index in [1.807, 2.05) is 60.7 Å². The maximum atomic E-state index is 13.7. The first kappa shape index (κ1) is 22.1. The molecule has 168 valence electrons. The number of benzene rings is 4. The Morgan fingerprint density at radius 2 is 1.35 bits per heavy atom. The van der Waals surface area contributed by atoms with Crippen molar-refractivity contribution < 1.29 is 4.79 Å². The number of amides is 1. The van der Waals surface area contributed by atoms with E-state index in [-0.39, 0.29) is 5.91 Å². The molecule has 1 aromatic heterocycles. The van der Waals surface area contributed by atoms with Crippen LogP contribution in [-0.4, -0.2) is 10.9 Å². The first-order valence-corrected chi connectivity index (χ1v) is 12.2. The third-order valence-electron chi connectivity index (χ3n) is 6.10. The maximum absolute atomic E-state index is 13.7. The normalized spacial score (nSPS) is 11.0. The van der Waals surface area contributed by atoms with Crippen molar-refractivity contribution in [3.8, 4) is 0 Å². The number of aromatic nitrogens is 1. The molecule has 0 saturated carbocycles. The van der Waals surface area contributed by atoms with Crippen molar-refractivity contribution >= 4 is 32.6 Å². The van der Waals surface area contributed by atoms with Crippen molar-refractivity contribution in [3.05, 3.63) is 130 Å². The van der Waals surface area contributed by atoms with Crippen LogP contribution in [0.3, 0.4) is 0 Å². The Labute approximate surface area is 204 Å². The summed E-state index contributed by atoms with van der Waals surface area (Å²) in [4.78, 5) is 20.4. The Hall–Kier alpha value is -3.76. The zero-order valence-corrected chi connectivity index (χ0v) is 20.2. The lowest BCUT2D eigenvalue weighted by Gasteiger charge is -2.20. The molecule has 0 unspecified atom stereocenters. The minimum absolute atomic E-state index is 0.0392. The van der Waals surface area contributed by atoms with Crippen LogP contribution in [0, 0.1) is 13.8 Å². The monoisotopic (exact) mass is 462 g/mol. The number of aryl methyl sites for hydroxylation is 2. The van der Waals surface area contributed by atoms with Gasteiger partial charge in [0, 0.05) is 5.56 Å². The van der Waals surface area contributed by atoms with Gasteiger partial charge in [-0.25, -0.2) is 4.98 Å². The highest BCUT2D eigenvalue weighted by Crippen LogP contribution is 2.32. The third-order valence-corrected chi connectivity index (χ3v) is 7.15. The van der Waals surface area contributed by atoms with Crippen molar-refractivity contribution in [2.75, 3.05) is 4.90 Å². The number of anilines is 1. The van der Waals surface area contributed by atoms with Crippen LogP contribution in [-0.2, 0) is 13.0 Å². The molecule has 5 aromatic rings. The van der Waals surface area contributed by atoms with Crippen LogP contribution >= 0.6 is 11.3 Å². The largest absolute Gasteiger partial charge is 0.279 e. The van der Waals surface area contributed by atoms with E-state index < -0.39 is 0 Å². The number of fused-ring (bicyclic) bond motifs is 1. The molecule has 0 aliphatic heterocycles. The van der Waals surface area contributed by atoms with E-state index in [1.54, 1.807) is 16.2 Å². The molecule has 1 amide bonds. The van der Waals surface area contributed by atoms with E-state index in [9.17, 15) is 4.79 Å². The van der Waals surface area contributed by atoms with Gasteiger partial charge in [-0.15, -0.1) is 0 Å². The first-order valence-electron chi connectivity index (χ1n) is 11.4. The van der Waals surface area contributed by atoms with Crippen molar-refractivity contribution in [1.29, 1.82) is 0 Å². The molecule has 0 radical (unpaired) electrons. The van der Waals surface area contributed by atoms with Crippen LogP contribution in [0.1, 0.15) is 38.2 Å². The van der Waals surface area contributed by atoms with Crippen molar-refractivity contribution in [1.82, 2.24) is 4.98 Å². The molecule has 34 heavy (non-hydrogen) atoms. The first-order chi connectivity index (χ1) is 16.6. The summed E-state index contributed by atoms with van der Waals surface area (Å²) in [6.07, 6.45) is 0.847. The Kier molecular flexibility index (Phi) is 6.24. The van der Waals surface area contributed by atoms with Crippen LogP contribution < -0.4 is 4.90 Å². The topological polar surface area (TPSA) is 33.2 Å². The third kappa shape index (κ3) is 4.78. The minimum atomic E-state index is -0.0392. The standard InChI is InChI=1S/C30H26N2OS/c1-21-17-27-28(18-22(21)2)34-30(31-27)32(20-25-11-7-4-8-12-25)29(33)26-15-13-24(14-16-26)19-23-9-5-3-6-10-23/h3-18H,19-20H2,1-2H3. The second-order valence-electron chi connectivity index (χ2n) is 8.64. The highest BCUT2D eigenvalue weighted by Gasteiger charge is 2.22. The van der Waals surface area contributed by atoms with E-state index in [1.165, 1.54) is 22.3 Å². The fourth-order valence-corrected chi connectivity index (χ4v) is 5.07. The molecule has 5 rings (SSSR count). The summed E-state index contributed by atoms with van der Waals surface area (Å²) >= 11 is 1.57. The molecule has 0 fully saturated rings. The van der Waals surface area contributed by atoms with Gasteiger partial charge in [0.15, 0.2) is 5.13 Å². The molecule has 0 atom stereocenters. The Balaban J connectivity index is 1.47. The molecule has 4 heteroatoms. The molecule has 3 nitrogen and oxygen atoms in total. The number of hydrogen-bond donors (Lipinski definition) is 0. The minimum Gasteiger partial charge on any atom is -0.279 e. The Bertz CT molecular complexity index is 1380. The number of carbonyl (C=O) groups is 1. The second-order valence-corrected chi connectivity index (χ2v) is 9.65. The highest BCUT2D eigenvalue weighted by molar-refractivity contribution is 7.22. The summed E-state index contributed by atoms with van der Waals surface area (Å²) in [5.41, 5.74) is 7.56. The predicted molar refractivity (Wildman–Crippen MR) is 142 cm³/mol. The average Bonchev–Trinajstić information content (AvgIpc) is 3.26. The van der Waals surface area contributed by atoms with Gasteiger partial charge in [-0.05, 0) is 72.4 Å². The molecule has 4 aromatic carbocycles. The predicted octanol–water partition coefficient (Wildman–Crippen LogP) is 7.35. The number of hydrogen-bond acceptors (Lipinski definition) is 3. The molecule has 0 spiro atoms. The van der Waals surface area contributed by atoms with E-state index >= 15 is 0 Å². The lowest BCUT2D eigenvalue weighted by molar-refractivity contribution is 0.0985. The van der Waals surface area contributed by atoms with E-state index in [0.717, 1.165) is 27.3 Å². The van der Waals surface area contributed by atoms with E-state index in [4.69, 9.17) is 4.98 Å². The zero-order chi connectivity index (χ0) is 23.5. The van der Waals surface area contributed by atoms with Gasteiger partial charge in [-0.2, -0.15) is 0 Å². The van der Waals surface area contributed by atoms with Crippen molar-refractivity contribution in [3.63, 3.8) is 0 Å². The fraction of sp³-hybridized carbons (Fsp3) is 0.133. The number of thiazole rings is 1. The van der Waals surface area contributed by atoms with E-state index in [2.05, 4.69) is 50.2 Å². The van der Waals surface area contributed by atoms with Crippen molar-refractivity contribution in [2.24, 2.45) is 0 Å². The Morgan fingerprint density at radius 1 is 0.765 bits per heavy atom. The van der Waals surface area contributed by atoms with Gasteiger partial charge in [-0.1, -0.05) is 84.1 Å². The molecule has 0 bridgehead atoms. The lowest BCUT2D eigenvalue weighted by atomic mass is 10.0. The number of rotatable bonds is 6. The maximum Gasteiger partial charge on any atom is 0.260 e. The highest BCUT2D eigenvalue weighted by atomic mass is 32.1. The summed E-state index contributed by atoms with van der Waals surface area (Å²) in [7, 11) is 0. The summed E-state index contributed by atoms with van der Waals surface area (Å²) < 4.78 is 1.10. The van der Waals surface area contributed by atoms with Gasteiger partial charge in [0.05, 0.1) is 16.8 Å². The van der Waals surface area contributed by atoms with E-state index in [0.29, 0.717) is 12.1 Å². The molecule has 0 N–H and O–H groups in total. The van der Waals surface area contributed by atoms with Crippen LogP contribution in [0.4, 0.5) is 5.13 Å². The second kappa shape index (κ2) is 9.62. The van der Waals surface area contributed by atoms with Gasteiger partial charge in [-0.3, -0.25) is 9.69 Å². The zero-order valence-electron chi connectivity index (χ0n) is 19.4. The molecule has 0 saturated heterocycles. The summed E-state index contributed by atoms with van der Waals surface area (Å²) in [5, 5.41) is 0.724.